The number of rotatable bonds is 5. The van der Waals surface area contributed by atoms with Crippen LogP contribution in [0.2, 0.25) is 0 Å². The van der Waals surface area contributed by atoms with Crippen molar-refractivity contribution in [2.75, 3.05) is 18.1 Å². The number of thiocarbonyl (C=S) groups is 1. The van der Waals surface area contributed by atoms with E-state index in [1.807, 2.05) is 6.07 Å². The molecule has 2 aliphatic heterocycles. The summed E-state index contributed by atoms with van der Waals surface area (Å²) in [5.74, 6) is 0. The lowest BCUT2D eigenvalue weighted by molar-refractivity contribution is 0.118. The van der Waals surface area contributed by atoms with Crippen molar-refractivity contribution in [1.29, 1.82) is 0 Å². The van der Waals surface area contributed by atoms with Crippen molar-refractivity contribution in [3.05, 3.63) is 48.0 Å². The van der Waals surface area contributed by atoms with Gasteiger partial charge in [0, 0.05) is 27.9 Å². The minimum atomic E-state index is 0.187. The first-order valence-electron chi connectivity index (χ1n) is 9.50. The van der Waals surface area contributed by atoms with Crippen LogP contribution >= 0.6 is 24.0 Å². The molecule has 0 amide bonds. The second kappa shape index (κ2) is 7.80. The van der Waals surface area contributed by atoms with Crippen molar-refractivity contribution in [2.45, 2.75) is 48.2 Å². The summed E-state index contributed by atoms with van der Waals surface area (Å²) in [7, 11) is 0. The first kappa shape index (κ1) is 18.7. The summed E-state index contributed by atoms with van der Waals surface area (Å²) in [6.45, 7) is 3.44. The molecule has 6 heteroatoms. The third-order valence-corrected chi connectivity index (χ3v) is 6.89. The minimum Gasteiger partial charge on any atom is -0.395 e. The van der Waals surface area contributed by atoms with Crippen molar-refractivity contribution in [3.8, 4) is 0 Å². The first-order valence-corrected chi connectivity index (χ1v) is 10.7. The molecule has 0 aliphatic carbocycles. The number of aliphatic hydroxyl groups is 1. The van der Waals surface area contributed by atoms with Gasteiger partial charge in [0.25, 0.3) is 0 Å². The molecular weight excluding hydrogens is 374 g/mol. The molecule has 3 N–H and O–H groups in total. The van der Waals surface area contributed by atoms with E-state index in [2.05, 4.69) is 53.1 Å². The molecule has 142 valence electrons. The van der Waals surface area contributed by atoms with Gasteiger partial charge in [-0.25, -0.2) is 0 Å². The second-order valence-corrected chi connectivity index (χ2v) is 8.62. The third-order valence-electron chi connectivity index (χ3n) is 5.53. The number of likely N-dealkylation sites (tertiary alicyclic amines) is 1. The number of aliphatic hydroxyl groups excluding tert-OH is 1. The molecule has 1 saturated heterocycles. The van der Waals surface area contributed by atoms with Gasteiger partial charge in [-0.2, -0.15) is 0 Å². The summed E-state index contributed by atoms with van der Waals surface area (Å²) in [4.78, 5) is 7.78. The van der Waals surface area contributed by atoms with Crippen LogP contribution < -0.4 is 10.6 Å². The Kier molecular flexibility index (Phi) is 5.41. The molecule has 2 aromatic rings. The van der Waals surface area contributed by atoms with Gasteiger partial charge >= 0.3 is 0 Å². The van der Waals surface area contributed by atoms with Gasteiger partial charge in [0.05, 0.1) is 24.1 Å². The maximum atomic E-state index is 9.89. The highest BCUT2D eigenvalue weighted by Crippen LogP contribution is 2.50. The average molecular weight is 400 g/mol. The Morgan fingerprint density at radius 3 is 2.78 bits per heavy atom. The highest BCUT2D eigenvalue weighted by molar-refractivity contribution is 7.99. The van der Waals surface area contributed by atoms with E-state index in [1.165, 1.54) is 15.5 Å². The van der Waals surface area contributed by atoms with E-state index < -0.39 is 0 Å². The lowest BCUT2D eigenvalue weighted by Crippen LogP contribution is -2.50. The Morgan fingerprint density at radius 1 is 1.26 bits per heavy atom. The number of nitrogens with zero attached hydrogens (tertiary/aromatic N) is 2. The second-order valence-electron chi connectivity index (χ2n) is 7.09. The van der Waals surface area contributed by atoms with Crippen LogP contribution in [0.1, 0.15) is 31.7 Å². The Morgan fingerprint density at radius 2 is 2.04 bits per heavy atom. The fourth-order valence-corrected chi connectivity index (χ4v) is 5.45. The van der Waals surface area contributed by atoms with Crippen LogP contribution in [-0.4, -0.2) is 40.4 Å². The number of benzene rings is 2. The van der Waals surface area contributed by atoms with Gasteiger partial charge in [0.1, 0.15) is 4.99 Å². The summed E-state index contributed by atoms with van der Waals surface area (Å²) < 4.78 is 0. The smallest absolute Gasteiger partial charge is 0.104 e. The molecule has 0 bridgehead atoms. The lowest BCUT2D eigenvalue weighted by atomic mass is 10.1. The van der Waals surface area contributed by atoms with Crippen LogP contribution in [0.3, 0.4) is 0 Å². The van der Waals surface area contributed by atoms with Crippen LogP contribution in [0.25, 0.3) is 0 Å². The van der Waals surface area contributed by atoms with Crippen molar-refractivity contribution < 1.29 is 5.11 Å². The SMILES string of the molecule is CCC(N1c2ccccc2Sc2ccc(C(N)=S)cc21)N1CCC[C@@H]1CO. The number of anilines is 2. The molecule has 2 heterocycles. The van der Waals surface area contributed by atoms with Gasteiger partial charge < -0.3 is 15.7 Å². The summed E-state index contributed by atoms with van der Waals surface area (Å²) in [5, 5.41) is 9.89. The molecule has 2 atom stereocenters. The number of fused-ring (bicyclic) bond motifs is 2. The predicted octanol–water partition coefficient (Wildman–Crippen LogP) is 4.12. The van der Waals surface area contributed by atoms with E-state index in [0.29, 0.717) is 4.99 Å². The third kappa shape index (κ3) is 3.36. The molecule has 2 aromatic carbocycles. The van der Waals surface area contributed by atoms with E-state index in [0.717, 1.165) is 37.1 Å². The van der Waals surface area contributed by atoms with Crippen LogP contribution in [0.5, 0.6) is 0 Å². The minimum absolute atomic E-state index is 0.187. The van der Waals surface area contributed by atoms with Gasteiger partial charge in [-0.05, 0) is 43.5 Å². The van der Waals surface area contributed by atoms with E-state index in [1.54, 1.807) is 11.8 Å². The Hall–Kier alpha value is -1.60. The zero-order chi connectivity index (χ0) is 19.0. The molecule has 4 nitrogen and oxygen atoms in total. The number of hydrogen-bond donors (Lipinski definition) is 2. The highest BCUT2D eigenvalue weighted by atomic mass is 32.2. The fourth-order valence-electron chi connectivity index (χ4n) is 4.27. The summed E-state index contributed by atoms with van der Waals surface area (Å²) >= 11 is 7.02. The topological polar surface area (TPSA) is 52.7 Å². The quantitative estimate of drug-likeness (QED) is 0.738. The van der Waals surface area contributed by atoms with Crippen molar-refractivity contribution in [2.24, 2.45) is 5.73 Å². The number of nitrogens with two attached hydrogens (primary N) is 1. The lowest BCUT2D eigenvalue weighted by Gasteiger charge is -2.44. The van der Waals surface area contributed by atoms with E-state index in [4.69, 9.17) is 18.0 Å². The maximum absolute atomic E-state index is 9.89. The highest BCUT2D eigenvalue weighted by Gasteiger charge is 2.36. The van der Waals surface area contributed by atoms with Crippen molar-refractivity contribution >= 4 is 40.3 Å². The van der Waals surface area contributed by atoms with Crippen LogP contribution in [0, 0.1) is 0 Å². The molecule has 2 aliphatic rings. The molecule has 27 heavy (non-hydrogen) atoms. The Labute approximate surface area is 170 Å². The number of para-hydroxylation sites is 1. The monoisotopic (exact) mass is 399 g/mol. The van der Waals surface area contributed by atoms with Crippen LogP contribution in [0.15, 0.2) is 52.3 Å². The molecule has 4 rings (SSSR count). The molecule has 0 aromatic heterocycles. The molecule has 1 unspecified atom stereocenters. The first-order chi connectivity index (χ1) is 13.1. The molecule has 0 saturated carbocycles. The largest absolute Gasteiger partial charge is 0.395 e. The molecule has 1 fully saturated rings. The molecule has 0 spiro atoms. The Bertz CT molecular complexity index is 857. The summed E-state index contributed by atoms with van der Waals surface area (Å²) in [6, 6.07) is 15.0. The summed E-state index contributed by atoms with van der Waals surface area (Å²) in [6.07, 6.45) is 3.33. The molecule has 0 radical (unpaired) electrons. The zero-order valence-electron chi connectivity index (χ0n) is 15.5. The maximum Gasteiger partial charge on any atom is 0.104 e. The zero-order valence-corrected chi connectivity index (χ0v) is 17.1. The van der Waals surface area contributed by atoms with Gasteiger partial charge in [-0.1, -0.05) is 49.1 Å². The van der Waals surface area contributed by atoms with E-state index >= 15 is 0 Å². The normalized spacial score (nSPS) is 20.2. The van der Waals surface area contributed by atoms with E-state index in [9.17, 15) is 5.11 Å². The van der Waals surface area contributed by atoms with Crippen LogP contribution in [0.4, 0.5) is 11.4 Å². The van der Waals surface area contributed by atoms with Crippen LogP contribution in [-0.2, 0) is 0 Å². The van der Waals surface area contributed by atoms with Gasteiger partial charge in [0.15, 0.2) is 0 Å². The van der Waals surface area contributed by atoms with Gasteiger partial charge in [-0.15, -0.1) is 0 Å². The number of hydrogen-bond acceptors (Lipinski definition) is 5. The average Bonchev–Trinajstić information content (AvgIpc) is 3.16. The predicted molar refractivity (Wildman–Crippen MR) is 116 cm³/mol. The Balaban J connectivity index is 1.85. The fraction of sp³-hybridized carbons (Fsp3) is 0.381. The van der Waals surface area contributed by atoms with Gasteiger partial charge in [0.2, 0.25) is 0 Å². The standard InChI is InChI=1S/C21H25N3OS2/c1-2-20(23-11-5-6-15(23)13-25)24-16-7-3-4-8-18(16)27-19-10-9-14(21(22)26)12-17(19)24/h3-4,7-10,12,15,20,25H,2,5-6,11,13H2,1H3,(H2,22,26)/t15-,20?/m1/s1. The van der Waals surface area contributed by atoms with Gasteiger partial charge in [-0.3, -0.25) is 4.90 Å². The van der Waals surface area contributed by atoms with E-state index in [-0.39, 0.29) is 18.8 Å². The molecular formula is C21H25N3OS2. The summed E-state index contributed by atoms with van der Waals surface area (Å²) in [5.41, 5.74) is 9.18. The van der Waals surface area contributed by atoms with Crippen molar-refractivity contribution in [3.63, 3.8) is 0 Å². The van der Waals surface area contributed by atoms with Crippen molar-refractivity contribution in [1.82, 2.24) is 4.90 Å².